The number of carbonyl (C=O) groups excluding carboxylic acids is 1. The Morgan fingerprint density at radius 3 is 2.61 bits per heavy atom. The van der Waals surface area contributed by atoms with Crippen LogP contribution in [0.2, 0.25) is 0 Å². The van der Waals surface area contributed by atoms with Crippen LogP contribution in [0.15, 0.2) is 35.3 Å². The van der Waals surface area contributed by atoms with E-state index in [1.165, 1.54) is 11.3 Å². The highest BCUT2D eigenvalue weighted by Crippen LogP contribution is 2.23. The molecule has 1 aromatic heterocycles. The summed E-state index contributed by atoms with van der Waals surface area (Å²) in [5.41, 5.74) is 0.626. The van der Waals surface area contributed by atoms with Gasteiger partial charge in [-0.2, -0.15) is 0 Å². The van der Waals surface area contributed by atoms with Gasteiger partial charge in [0.1, 0.15) is 11.4 Å². The molecule has 1 heterocycles. The summed E-state index contributed by atoms with van der Waals surface area (Å²) >= 11 is 1.34. The molecule has 1 amide bonds. The van der Waals surface area contributed by atoms with Crippen molar-refractivity contribution in [2.75, 3.05) is 12.4 Å². The fraction of sp³-hybridized carbons (Fsp3) is 0.312. The van der Waals surface area contributed by atoms with Crippen molar-refractivity contribution in [1.82, 2.24) is 4.98 Å². The number of thiazole rings is 1. The van der Waals surface area contributed by atoms with E-state index in [2.05, 4.69) is 15.3 Å². The van der Waals surface area contributed by atoms with Crippen LogP contribution in [-0.4, -0.2) is 30.1 Å². The lowest BCUT2D eigenvalue weighted by molar-refractivity contribution is 0.215. The molecule has 122 valence electrons. The largest absolute Gasteiger partial charge is 0.480 e. The fourth-order valence-electron chi connectivity index (χ4n) is 1.80. The Balaban J connectivity index is 2.10. The summed E-state index contributed by atoms with van der Waals surface area (Å²) in [5.74, 6) is 0.927. The van der Waals surface area contributed by atoms with Gasteiger partial charge in [0.2, 0.25) is 5.90 Å². The highest BCUT2D eigenvalue weighted by molar-refractivity contribution is 7.16. The summed E-state index contributed by atoms with van der Waals surface area (Å²) < 4.78 is 10.5. The van der Waals surface area contributed by atoms with E-state index in [0.29, 0.717) is 22.5 Å². The highest BCUT2D eigenvalue weighted by Gasteiger charge is 2.16. The van der Waals surface area contributed by atoms with Crippen LogP contribution in [0.1, 0.15) is 24.4 Å². The van der Waals surface area contributed by atoms with E-state index >= 15 is 0 Å². The van der Waals surface area contributed by atoms with Crippen LogP contribution < -0.4 is 10.1 Å². The van der Waals surface area contributed by atoms with Crippen molar-refractivity contribution in [3.8, 4) is 5.75 Å². The summed E-state index contributed by atoms with van der Waals surface area (Å²) in [6.07, 6.45) is -0.587. The van der Waals surface area contributed by atoms with Crippen molar-refractivity contribution in [3.05, 3.63) is 40.9 Å². The molecule has 0 aliphatic heterocycles. The third kappa shape index (κ3) is 4.79. The molecule has 2 rings (SSSR count). The number of amides is 1. The zero-order valence-electron chi connectivity index (χ0n) is 13.5. The molecule has 2 aromatic rings. The molecule has 0 saturated carbocycles. The van der Waals surface area contributed by atoms with E-state index in [9.17, 15) is 4.79 Å². The minimum atomic E-state index is -0.587. The number of benzene rings is 1. The van der Waals surface area contributed by atoms with Crippen molar-refractivity contribution in [1.29, 1.82) is 0 Å². The first kappa shape index (κ1) is 17.0. The lowest BCUT2D eigenvalue weighted by Crippen LogP contribution is -2.17. The Morgan fingerprint density at radius 2 is 2.00 bits per heavy atom. The zero-order chi connectivity index (χ0) is 16.8. The number of aromatic nitrogens is 1. The molecule has 0 spiro atoms. The molecule has 1 aromatic carbocycles. The van der Waals surface area contributed by atoms with Crippen LogP contribution >= 0.6 is 11.3 Å². The Hall–Kier alpha value is -2.41. The van der Waals surface area contributed by atoms with E-state index in [4.69, 9.17) is 9.47 Å². The molecule has 6 nitrogen and oxygen atoms in total. The Labute approximate surface area is 139 Å². The molecule has 0 radical (unpaired) electrons. The van der Waals surface area contributed by atoms with E-state index in [-0.39, 0.29) is 6.04 Å². The first-order valence-electron chi connectivity index (χ1n) is 7.13. The monoisotopic (exact) mass is 333 g/mol. The number of rotatable bonds is 4. The number of hydrogen-bond acceptors (Lipinski definition) is 6. The summed E-state index contributed by atoms with van der Waals surface area (Å²) in [6, 6.07) is 8.93. The van der Waals surface area contributed by atoms with Gasteiger partial charge in [0.15, 0.2) is 5.13 Å². The van der Waals surface area contributed by atoms with Gasteiger partial charge in [-0.05, 0) is 32.9 Å². The second-order valence-electron chi connectivity index (χ2n) is 4.98. The molecule has 1 N–H and O–H groups in total. The first-order chi connectivity index (χ1) is 11.0. The van der Waals surface area contributed by atoms with Gasteiger partial charge in [0.05, 0.1) is 7.11 Å². The number of nitrogens with zero attached hydrogens (tertiary/aromatic N) is 2. The number of nitrogens with one attached hydrogen (secondary N) is 1. The van der Waals surface area contributed by atoms with Gasteiger partial charge in [-0.1, -0.05) is 18.2 Å². The molecule has 7 heteroatoms. The number of aryl methyl sites for hydroxylation is 1. The molecular weight excluding hydrogens is 314 g/mol. The average Bonchev–Trinajstić information content (AvgIpc) is 2.85. The van der Waals surface area contributed by atoms with Gasteiger partial charge in [0, 0.05) is 10.9 Å². The summed E-state index contributed by atoms with van der Waals surface area (Å²) in [7, 11) is 1.55. The van der Waals surface area contributed by atoms with Crippen molar-refractivity contribution >= 4 is 28.5 Å². The van der Waals surface area contributed by atoms with E-state index in [1.54, 1.807) is 31.4 Å². The van der Waals surface area contributed by atoms with Crippen molar-refractivity contribution in [3.63, 3.8) is 0 Å². The van der Waals surface area contributed by atoms with Crippen LogP contribution in [0.4, 0.5) is 9.93 Å². The van der Waals surface area contributed by atoms with Gasteiger partial charge in [-0.25, -0.2) is 14.8 Å². The molecule has 0 atom stereocenters. The lowest BCUT2D eigenvalue weighted by atomic mass is 10.3. The molecule has 0 fully saturated rings. The third-order valence-corrected chi connectivity index (χ3v) is 3.62. The molecule has 0 aliphatic carbocycles. The van der Waals surface area contributed by atoms with Crippen LogP contribution in [-0.2, 0) is 4.74 Å². The molecule has 0 aliphatic rings. The summed E-state index contributed by atoms with van der Waals surface area (Å²) in [4.78, 5) is 21.5. The van der Waals surface area contributed by atoms with E-state index < -0.39 is 6.09 Å². The van der Waals surface area contributed by atoms with Crippen LogP contribution in [0, 0.1) is 6.92 Å². The maximum absolute atomic E-state index is 11.9. The van der Waals surface area contributed by atoms with Crippen molar-refractivity contribution < 1.29 is 14.3 Å². The number of hydrogen-bond donors (Lipinski definition) is 1. The Kier molecular flexibility index (Phi) is 5.70. The van der Waals surface area contributed by atoms with E-state index in [0.717, 1.165) is 4.88 Å². The number of anilines is 1. The molecule has 0 saturated heterocycles. The predicted molar refractivity (Wildman–Crippen MR) is 91.6 cm³/mol. The number of methoxy groups -OCH3 is 1. The topological polar surface area (TPSA) is 72.8 Å². The first-order valence-corrected chi connectivity index (χ1v) is 7.94. The van der Waals surface area contributed by atoms with Gasteiger partial charge in [-0.3, -0.25) is 5.32 Å². The second-order valence-corrected chi connectivity index (χ2v) is 6.19. The number of carbonyl (C=O) groups is 1. The van der Waals surface area contributed by atoms with Crippen LogP contribution in [0.5, 0.6) is 5.75 Å². The average molecular weight is 333 g/mol. The SMILES string of the molecule is CO/C(=N/C(C)C)c1nc(NC(=O)Oc2ccccc2)sc1C. The predicted octanol–water partition coefficient (Wildman–Crippen LogP) is 3.86. The van der Waals surface area contributed by atoms with Crippen molar-refractivity contribution in [2.45, 2.75) is 26.8 Å². The minimum Gasteiger partial charge on any atom is -0.480 e. The number of aliphatic imine (C=N–C) groups is 1. The molecule has 0 bridgehead atoms. The summed E-state index contributed by atoms with van der Waals surface area (Å²) in [5, 5.41) is 3.06. The molecule has 0 unspecified atom stereocenters. The number of ether oxygens (including phenoxy) is 2. The fourth-order valence-corrected chi connectivity index (χ4v) is 2.59. The van der Waals surface area contributed by atoms with Crippen LogP contribution in [0.25, 0.3) is 0 Å². The summed E-state index contributed by atoms with van der Waals surface area (Å²) in [6.45, 7) is 5.81. The lowest BCUT2D eigenvalue weighted by Gasteiger charge is -2.05. The molecular formula is C16H19N3O3S. The van der Waals surface area contributed by atoms with Gasteiger partial charge < -0.3 is 9.47 Å². The maximum Gasteiger partial charge on any atom is 0.418 e. The van der Waals surface area contributed by atoms with E-state index in [1.807, 2.05) is 26.8 Å². The van der Waals surface area contributed by atoms with Gasteiger partial charge in [-0.15, -0.1) is 11.3 Å². The van der Waals surface area contributed by atoms with Crippen molar-refractivity contribution in [2.24, 2.45) is 4.99 Å². The Bertz CT molecular complexity index is 696. The second kappa shape index (κ2) is 7.73. The number of para-hydroxylation sites is 1. The smallest absolute Gasteiger partial charge is 0.418 e. The normalized spacial score (nSPS) is 11.4. The zero-order valence-corrected chi connectivity index (χ0v) is 14.3. The quantitative estimate of drug-likeness (QED) is 0.681. The van der Waals surface area contributed by atoms with Gasteiger partial charge >= 0.3 is 6.09 Å². The third-order valence-electron chi connectivity index (χ3n) is 2.73. The van der Waals surface area contributed by atoms with Gasteiger partial charge in [0.25, 0.3) is 0 Å². The standard InChI is InChI=1S/C16H19N3O3S/c1-10(2)17-14(21-4)13-11(3)23-15(18-13)19-16(20)22-12-8-6-5-7-9-12/h5-10H,1-4H3,(H,18,19,20)/b17-14+. The minimum absolute atomic E-state index is 0.0884. The highest BCUT2D eigenvalue weighted by atomic mass is 32.1. The maximum atomic E-state index is 11.9. The van der Waals surface area contributed by atoms with Crippen LogP contribution in [0.3, 0.4) is 0 Å². The Morgan fingerprint density at radius 1 is 1.30 bits per heavy atom. The molecule has 23 heavy (non-hydrogen) atoms.